The van der Waals surface area contributed by atoms with Gasteiger partial charge < -0.3 is 10.4 Å². The standard InChI is InChI=1S/C12H20N4O3/c1-8-12(16(18)19)9(2)15(14-8)7-11(17)6-13-10-4-3-5-10/h10-11,13,17H,3-7H2,1-2H3. The Labute approximate surface area is 111 Å². The maximum absolute atomic E-state index is 10.9. The summed E-state index contributed by atoms with van der Waals surface area (Å²) in [6, 6.07) is 0.518. The van der Waals surface area contributed by atoms with Crippen LogP contribution in [-0.2, 0) is 6.54 Å². The van der Waals surface area contributed by atoms with Crippen LogP contribution in [0.2, 0.25) is 0 Å². The topological polar surface area (TPSA) is 93.2 Å². The van der Waals surface area contributed by atoms with E-state index in [1.807, 2.05) is 0 Å². The lowest BCUT2D eigenvalue weighted by molar-refractivity contribution is -0.386. The van der Waals surface area contributed by atoms with Gasteiger partial charge in [-0.05, 0) is 26.7 Å². The Balaban J connectivity index is 1.94. The summed E-state index contributed by atoms with van der Waals surface area (Å²) in [4.78, 5) is 10.5. The fraction of sp³-hybridized carbons (Fsp3) is 0.750. The molecule has 2 rings (SSSR count). The third-order valence-corrected chi connectivity index (χ3v) is 3.66. The highest BCUT2D eigenvalue weighted by Crippen LogP contribution is 2.22. The number of aliphatic hydroxyl groups is 1. The lowest BCUT2D eigenvalue weighted by Crippen LogP contribution is -2.41. The molecule has 1 aliphatic carbocycles. The van der Waals surface area contributed by atoms with E-state index in [0.717, 1.165) is 12.8 Å². The van der Waals surface area contributed by atoms with Crippen molar-refractivity contribution in [1.29, 1.82) is 0 Å². The molecule has 19 heavy (non-hydrogen) atoms. The first-order valence-electron chi connectivity index (χ1n) is 6.59. The van der Waals surface area contributed by atoms with E-state index in [0.29, 0.717) is 24.0 Å². The second-order valence-corrected chi connectivity index (χ2v) is 5.15. The van der Waals surface area contributed by atoms with E-state index < -0.39 is 11.0 Å². The highest BCUT2D eigenvalue weighted by atomic mass is 16.6. The maximum Gasteiger partial charge on any atom is 0.312 e. The molecule has 1 saturated carbocycles. The van der Waals surface area contributed by atoms with Crippen LogP contribution in [0, 0.1) is 24.0 Å². The van der Waals surface area contributed by atoms with Crippen LogP contribution in [0.15, 0.2) is 0 Å². The second-order valence-electron chi connectivity index (χ2n) is 5.15. The number of nitro groups is 1. The summed E-state index contributed by atoms with van der Waals surface area (Å²) in [5.74, 6) is 0. The molecule has 0 aliphatic heterocycles. The SMILES string of the molecule is Cc1nn(CC(O)CNC2CCC2)c(C)c1[N+](=O)[O-]. The number of nitrogens with zero attached hydrogens (tertiary/aromatic N) is 3. The van der Waals surface area contributed by atoms with Crippen LogP contribution >= 0.6 is 0 Å². The van der Waals surface area contributed by atoms with Crippen molar-refractivity contribution in [1.82, 2.24) is 15.1 Å². The van der Waals surface area contributed by atoms with Gasteiger partial charge in [0.2, 0.25) is 0 Å². The fourth-order valence-electron chi connectivity index (χ4n) is 2.31. The van der Waals surface area contributed by atoms with Gasteiger partial charge in [0.15, 0.2) is 0 Å². The van der Waals surface area contributed by atoms with Crippen molar-refractivity contribution in [3.8, 4) is 0 Å². The van der Waals surface area contributed by atoms with E-state index in [4.69, 9.17) is 0 Å². The maximum atomic E-state index is 10.9. The summed E-state index contributed by atoms with van der Waals surface area (Å²) in [5, 5.41) is 28.2. The molecule has 1 heterocycles. The van der Waals surface area contributed by atoms with Gasteiger partial charge in [-0.1, -0.05) is 6.42 Å². The molecule has 7 nitrogen and oxygen atoms in total. The van der Waals surface area contributed by atoms with Gasteiger partial charge in [0, 0.05) is 12.6 Å². The average molecular weight is 268 g/mol. The van der Waals surface area contributed by atoms with Crippen molar-refractivity contribution in [2.75, 3.05) is 6.54 Å². The number of hydrogen-bond acceptors (Lipinski definition) is 5. The summed E-state index contributed by atoms with van der Waals surface area (Å²) >= 11 is 0. The number of aryl methyl sites for hydroxylation is 1. The first-order valence-corrected chi connectivity index (χ1v) is 6.59. The van der Waals surface area contributed by atoms with Crippen LogP contribution in [0.25, 0.3) is 0 Å². The summed E-state index contributed by atoms with van der Waals surface area (Å²) in [6.07, 6.45) is 2.99. The van der Waals surface area contributed by atoms with E-state index in [1.54, 1.807) is 13.8 Å². The summed E-state index contributed by atoms with van der Waals surface area (Å²) in [5.41, 5.74) is 0.922. The van der Waals surface area contributed by atoms with Gasteiger partial charge in [0.1, 0.15) is 11.4 Å². The van der Waals surface area contributed by atoms with Gasteiger partial charge in [-0.15, -0.1) is 0 Å². The van der Waals surface area contributed by atoms with Crippen molar-refractivity contribution < 1.29 is 10.0 Å². The molecule has 1 unspecified atom stereocenters. The van der Waals surface area contributed by atoms with Crippen LogP contribution in [0.3, 0.4) is 0 Å². The molecule has 0 bridgehead atoms. The Morgan fingerprint density at radius 2 is 2.26 bits per heavy atom. The minimum Gasteiger partial charge on any atom is -0.390 e. The van der Waals surface area contributed by atoms with Gasteiger partial charge in [-0.2, -0.15) is 5.10 Å². The molecule has 1 aliphatic rings. The first kappa shape index (κ1) is 14.0. The minimum absolute atomic E-state index is 0.0409. The van der Waals surface area contributed by atoms with Crippen LogP contribution < -0.4 is 5.32 Å². The molecular formula is C12H20N4O3. The van der Waals surface area contributed by atoms with Gasteiger partial charge >= 0.3 is 5.69 Å². The third kappa shape index (κ3) is 3.10. The van der Waals surface area contributed by atoms with Crippen molar-refractivity contribution in [3.05, 3.63) is 21.5 Å². The highest BCUT2D eigenvalue weighted by molar-refractivity contribution is 5.39. The molecule has 0 radical (unpaired) electrons. The molecule has 106 valence electrons. The molecule has 0 saturated heterocycles. The number of rotatable bonds is 6. The van der Waals surface area contributed by atoms with E-state index >= 15 is 0 Å². The quantitative estimate of drug-likeness (QED) is 0.591. The molecule has 7 heteroatoms. The zero-order chi connectivity index (χ0) is 14.0. The van der Waals surface area contributed by atoms with Crippen molar-refractivity contribution in [3.63, 3.8) is 0 Å². The van der Waals surface area contributed by atoms with E-state index in [1.165, 1.54) is 11.1 Å². The number of aliphatic hydroxyl groups excluding tert-OH is 1. The van der Waals surface area contributed by atoms with Crippen LogP contribution in [0.1, 0.15) is 30.7 Å². The van der Waals surface area contributed by atoms with Gasteiger partial charge in [0.25, 0.3) is 0 Å². The van der Waals surface area contributed by atoms with E-state index in [-0.39, 0.29) is 12.2 Å². The predicted octanol–water partition coefficient (Wildman–Crippen LogP) is 0.911. The predicted molar refractivity (Wildman–Crippen MR) is 70.0 cm³/mol. The lowest BCUT2D eigenvalue weighted by Gasteiger charge is -2.27. The summed E-state index contributed by atoms with van der Waals surface area (Å²) in [7, 11) is 0. The minimum atomic E-state index is -0.585. The molecule has 1 atom stereocenters. The van der Waals surface area contributed by atoms with E-state index in [9.17, 15) is 15.2 Å². The summed E-state index contributed by atoms with van der Waals surface area (Å²) < 4.78 is 1.51. The van der Waals surface area contributed by atoms with E-state index in [2.05, 4.69) is 10.4 Å². The van der Waals surface area contributed by atoms with Crippen LogP contribution in [0.5, 0.6) is 0 Å². The second kappa shape index (κ2) is 5.66. The molecule has 1 aromatic rings. The van der Waals surface area contributed by atoms with Gasteiger partial charge in [-0.25, -0.2) is 0 Å². The van der Waals surface area contributed by atoms with Crippen LogP contribution in [-0.4, -0.2) is 38.5 Å². The molecule has 1 fully saturated rings. The Morgan fingerprint density at radius 3 is 2.74 bits per heavy atom. The van der Waals surface area contributed by atoms with Crippen LogP contribution in [0.4, 0.5) is 5.69 Å². The average Bonchev–Trinajstić information content (AvgIpc) is 2.51. The lowest BCUT2D eigenvalue weighted by atomic mass is 9.93. The first-order chi connectivity index (χ1) is 8.99. The van der Waals surface area contributed by atoms with Crippen molar-refractivity contribution in [2.45, 2.75) is 51.8 Å². The molecule has 0 amide bonds. The highest BCUT2D eigenvalue weighted by Gasteiger charge is 2.23. The normalized spacial score (nSPS) is 17.2. The molecular weight excluding hydrogens is 248 g/mol. The van der Waals surface area contributed by atoms with Gasteiger partial charge in [-0.3, -0.25) is 14.8 Å². The molecule has 1 aromatic heterocycles. The van der Waals surface area contributed by atoms with Gasteiger partial charge in [0.05, 0.1) is 17.6 Å². The third-order valence-electron chi connectivity index (χ3n) is 3.66. The van der Waals surface area contributed by atoms with Crippen molar-refractivity contribution in [2.24, 2.45) is 0 Å². The largest absolute Gasteiger partial charge is 0.390 e. The number of hydrogen-bond donors (Lipinski definition) is 2. The Kier molecular flexibility index (Phi) is 4.16. The Bertz CT molecular complexity index is 468. The molecule has 0 aromatic carbocycles. The smallest absolute Gasteiger partial charge is 0.312 e. The number of nitrogens with one attached hydrogen (secondary N) is 1. The Hall–Kier alpha value is -1.47. The summed E-state index contributed by atoms with van der Waals surface area (Å²) in [6.45, 7) is 4.04. The monoisotopic (exact) mass is 268 g/mol. The fourth-order valence-corrected chi connectivity index (χ4v) is 2.31. The van der Waals surface area contributed by atoms with Crippen molar-refractivity contribution >= 4 is 5.69 Å². The number of aromatic nitrogens is 2. The molecule has 2 N–H and O–H groups in total. The Morgan fingerprint density at radius 1 is 1.58 bits per heavy atom. The zero-order valence-electron chi connectivity index (χ0n) is 11.3. The molecule has 0 spiro atoms. The zero-order valence-corrected chi connectivity index (χ0v) is 11.3.